The maximum absolute atomic E-state index is 7.21. The molecule has 2 unspecified atom stereocenters. The van der Waals surface area contributed by atoms with Crippen molar-refractivity contribution >= 4 is 0 Å². The maximum Gasteiger partial charge on any atom is 0.0765 e. The summed E-state index contributed by atoms with van der Waals surface area (Å²) >= 11 is 0. The van der Waals surface area contributed by atoms with E-state index in [1.807, 2.05) is 5.57 Å². The Hall–Kier alpha value is -0.340. The fourth-order valence-corrected chi connectivity index (χ4v) is 10.9. The molecule has 3 saturated carbocycles. The first-order chi connectivity index (χ1) is 15.7. The summed E-state index contributed by atoms with van der Waals surface area (Å²) in [5, 5.41) is 0. The highest BCUT2D eigenvalue weighted by molar-refractivity contribution is 5.29. The molecule has 2 heteroatoms. The van der Waals surface area contributed by atoms with Crippen LogP contribution in [0.5, 0.6) is 0 Å². The highest BCUT2D eigenvalue weighted by Crippen LogP contribution is 2.69. The maximum atomic E-state index is 7.21. The van der Waals surface area contributed by atoms with E-state index in [1.165, 1.54) is 83.7 Å². The largest absolute Gasteiger partial charge is 0.369 e. The molecule has 0 aromatic carbocycles. The Bertz CT molecular complexity index is 818. The van der Waals surface area contributed by atoms with Gasteiger partial charge < -0.3 is 4.74 Å². The topological polar surface area (TPSA) is 12.5 Å². The van der Waals surface area contributed by atoms with Gasteiger partial charge in [0.15, 0.2) is 0 Å². The van der Waals surface area contributed by atoms with Crippen LogP contribution in [0.25, 0.3) is 0 Å². The molecule has 0 bridgehead atoms. The quantitative estimate of drug-likeness (QED) is 0.379. The van der Waals surface area contributed by atoms with Crippen molar-refractivity contribution in [3.63, 3.8) is 0 Å². The van der Waals surface area contributed by atoms with Crippen molar-refractivity contribution in [1.29, 1.82) is 0 Å². The summed E-state index contributed by atoms with van der Waals surface area (Å²) in [6.45, 7) is 17.7. The smallest absolute Gasteiger partial charge is 0.0765 e. The van der Waals surface area contributed by atoms with Crippen LogP contribution in [-0.4, -0.2) is 35.7 Å². The highest BCUT2D eigenvalue weighted by atomic mass is 16.5. The summed E-state index contributed by atoms with van der Waals surface area (Å²) in [6.07, 6.45) is 16.0. The van der Waals surface area contributed by atoms with E-state index in [9.17, 15) is 0 Å². The minimum Gasteiger partial charge on any atom is -0.369 e. The van der Waals surface area contributed by atoms with Crippen molar-refractivity contribution in [2.45, 2.75) is 130 Å². The normalized spacial score (nSPS) is 54.5. The van der Waals surface area contributed by atoms with Crippen LogP contribution in [0.1, 0.15) is 112 Å². The third kappa shape index (κ3) is 3.18. The van der Waals surface area contributed by atoms with Crippen LogP contribution in [0.3, 0.4) is 0 Å². The number of hydrogen-bond donors (Lipinski definition) is 0. The Morgan fingerprint density at radius 1 is 1.03 bits per heavy atom. The molecule has 5 fully saturated rings. The van der Waals surface area contributed by atoms with Gasteiger partial charge in [0.2, 0.25) is 0 Å². The second kappa shape index (κ2) is 7.83. The van der Waals surface area contributed by atoms with Gasteiger partial charge in [0.1, 0.15) is 0 Å². The lowest BCUT2D eigenvalue weighted by Gasteiger charge is -2.59. The van der Waals surface area contributed by atoms with E-state index in [4.69, 9.17) is 4.74 Å². The Kier molecular flexibility index (Phi) is 5.48. The van der Waals surface area contributed by atoms with Crippen LogP contribution in [0.4, 0.5) is 0 Å². The number of hydrogen-bond acceptors (Lipinski definition) is 2. The van der Waals surface area contributed by atoms with Gasteiger partial charge in [0, 0.05) is 18.5 Å². The van der Waals surface area contributed by atoms with E-state index in [2.05, 4.69) is 46.4 Å². The SMILES string of the molecule is CCN1C[C@@H](C)C[C@H]2O[C@]3(CCC4C(=C(C)C3)CC3[C@H]4CC[C@]4(C)CCCC[C@]34C)[C@H](C)[C@@H]21. The van der Waals surface area contributed by atoms with Crippen molar-refractivity contribution < 1.29 is 4.74 Å². The first-order valence-electron chi connectivity index (χ1n) is 14.8. The van der Waals surface area contributed by atoms with E-state index in [1.54, 1.807) is 5.57 Å². The van der Waals surface area contributed by atoms with Crippen molar-refractivity contribution in [1.82, 2.24) is 4.90 Å². The molecule has 0 aromatic rings. The molecule has 0 radical (unpaired) electrons. The predicted molar refractivity (Wildman–Crippen MR) is 137 cm³/mol. The zero-order valence-corrected chi connectivity index (χ0v) is 22.6. The predicted octanol–water partition coefficient (Wildman–Crippen LogP) is 7.62. The van der Waals surface area contributed by atoms with Crippen molar-refractivity contribution in [3.8, 4) is 0 Å². The van der Waals surface area contributed by atoms with Crippen LogP contribution in [0.2, 0.25) is 0 Å². The van der Waals surface area contributed by atoms with Gasteiger partial charge in [0.25, 0.3) is 0 Å². The van der Waals surface area contributed by atoms with Gasteiger partial charge in [-0.1, -0.05) is 58.6 Å². The minimum atomic E-state index is 0.0989. The fraction of sp³-hybridized carbons (Fsp3) is 0.935. The monoisotopic (exact) mass is 453 g/mol. The lowest BCUT2D eigenvalue weighted by Crippen LogP contribution is -2.51. The number of likely N-dealkylation sites (tertiary alicyclic amines) is 1. The molecule has 6 aliphatic rings. The number of rotatable bonds is 1. The molecule has 2 saturated heterocycles. The molecule has 33 heavy (non-hydrogen) atoms. The summed E-state index contributed by atoms with van der Waals surface area (Å²) < 4.78 is 7.21. The molecule has 0 N–H and O–H groups in total. The second-order valence-corrected chi connectivity index (χ2v) is 14.3. The third-order valence-corrected chi connectivity index (χ3v) is 12.9. The summed E-state index contributed by atoms with van der Waals surface area (Å²) in [7, 11) is 0. The first kappa shape index (κ1) is 23.1. The Morgan fingerprint density at radius 3 is 2.61 bits per heavy atom. The van der Waals surface area contributed by atoms with Crippen LogP contribution < -0.4 is 0 Å². The minimum absolute atomic E-state index is 0.0989. The first-order valence-corrected chi connectivity index (χ1v) is 14.8. The zero-order valence-electron chi connectivity index (χ0n) is 22.6. The number of allylic oxidation sites excluding steroid dienone is 1. The van der Waals surface area contributed by atoms with E-state index in [0.29, 0.717) is 28.9 Å². The van der Waals surface area contributed by atoms with Gasteiger partial charge >= 0.3 is 0 Å². The average Bonchev–Trinajstić information content (AvgIpc) is 3.24. The lowest BCUT2D eigenvalue weighted by molar-refractivity contribution is -0.102. The van der Waals surface area contributed by atoms with E-state index >= 15 is 0 Å². The molecular formula is C31H51NO. The zero-order chi connectivity index (χ0) is 23.2. The summed E-state index contributed by atoms with van der Waals surface area (Å²) in [5.74, 6) is 4.18. The van der Waals surface area contributed by atoms with Crippen LogP contribution in [0.15, 0.2) is 11.1 Å². The second-order valence-electron chi connectivity index (χ2n) is 14.3. The van der Waals surface area contributed by atoms with Crippen molar-refractivity contribution in [2.75, 3.05) is 13.1 Å². The van der Waals surface area contributed by atoms with Gasteiger partial charge in [0.05, 0.1) is 11.7 Å². The number of nitrogens with zero attached hydrogens (tertiary/aromatic N) is 1. The average molecular weight is 454 g/mol. The van der Waals surface area contributed by atoms with Gasteiger partial charge in [-0.3, -0.25) is 4.90 Å². The van der Waals surface area contributed by atoms with Crippen LogP contribution >= 0.6 is 0 Å². The standard InChI is InChI=1S/C31H51NO/c1-7-32-19-20(2)16-27-28(32)22(4)31(33-27)15-11-23-24-10-14-29(5)12-8-9-13-30(29,6)26(24)17-25(23)21(3)18-31/h20,22-24,26-28H,7-19H2,1-6H3/t20-,22+,23?,24-,26?,27+,28-,29-,30+,31-/m0/s1. The number of piperidine rings is 1. The third-order valence-electron chi connectivity index (χ3n) is 12.9. The lowest BCUT2D eigenvalue weighted by atomic mass is 9.46. The Labute approximate surface area is 204 Å². The molecule has 1 spiro atoms. The fourth-order valence-electron chi connectivity index (χ4n) is 10.9. The molecular weight excluding hydrogens is 402 g/mol. The molecule has 2 aliphatic heterocycles. The Balaban J connectivity index is 1.30. The summed E-state index contributed by atoms with van der Waals surface area (Å²) in [4.78, 5) is 2.77. The molecule has 186 valence electrons. The number of likely N-dealkylation sites (N-methyl/N-ethyl adjacent to an activating group) is 1. The van der Waals surface area contributed by atoms with Crippen molar-refractivity contribution in [3.05, 3.63) is 11.1 Å². The highest BCUT2D eigenvalue weighted by Gasteiger charge is 2.62. The summed E-state index contributed by atoms with van der Waals surface area (Å²) in [6, 6.07) is 0.645. The molecule has 10 atom stereocenters. The van der Waals surface area contributed by atoms with Gasteiger partial charge in [-0.2, -0.15) is 0 Å². The molecule has 4 aliphatic carbocycles. The molecule has 6 rings (SSSR count). The van der Waals surface area contributed by atoms with E-state index in [-0.39, 0.29) is 5.60 Å². The van der Waals surface area contributed by atoms with Crippen LogP contribution in [0, 0.1) is 40.4 Å². The Morgan fingerprint density at radius 2 is 1.82 bits per heavy atom. The summed E-state index contributed by atoms with van der Waals surface area (Å²) in [5.41, 5.74) is 4.93. The van der Waals surface area contributed by atoms with Crippen molar-refractivity contribution in [2.24, 2.45) is 40.4 Å². The van der Waals surface area contributed by atoms with Crippen LogP contribution in [-0.2, 0) is 4.74 Å². The molecule has 2 nitrogen and oxygen atoms in total. The van der Waals surface area contributed by atoms with E-state index in [0.717, 1.165) is 23.7 Å². The molecule has 0 amide bonds. The van der Waals surface area contributed by atoms with Gasteiger partial charge in [-0.05, 0) is 106 Å². The van der Waals surface area contributed by atoms with E-state index < -0.39 is 0 Å². The number of ether oxygens (including phenoxy) is 1. The number of fused-ring (bicyclic) bond motifs is 6. The van der Waals surface area contributed by atoms with Gasteiger partial charge in [-0.15, -0.1) is 0 Å². The molecule has 2 heterocycles. The molecule has 0 aromatic heterocycles. The van der Waals surface area contributed by atoms with Gasteiger partial charge in [-0.25, -0.2) is 0 Å².